The zero-order chi connectivity index (χ0) is 20.8. The first-order valence-corrected chi connectivity index (χ1v) is 11.1. The van der Waals surface area contributed by atoms with Crippen LogP contribution in [0.25, 0.3) is 11.3 Å². The maximum Gasteiger partial charge on any atom is 0.244 e. The summed E-state index contributed by atoms with van der Waals surface area (Å²) in [6.45, 7) is 2.00. The van der Waals surface area contributed by atoms with Gasteiger partial charge in [0.2, 0.25) is 11.8 Å². The molecule has 5 nitrogen and oxygen atoms in total. The summed E-state index contributed by atoms with van der Waals surface area (Å²) >= 11 is 8.91. The van der Waals surface area contributed by atoms with Gasteiger partial charge in [-0.3, -0.25) is 9.59 Å². The summed E-state index contributed by atoms with van der Waals surface area (Å²) in [6.07, 6.45) is 0. The Hall–Kier alpha value is -2.35. The normalized spacial score (nSPS) is 10.6. The van der Waals surface area contributed by atoms with E-state index >= 15 is 0 Å². The maximum absolute atomic E-state index is 12.4. The lowest BCUT2D eigenvalue weighted by Crippen LogP contribution is -2.36. The Morgan fingerprint density at radius 2 is 1.90 bits per heavy atom. The van der Waals surface area contributed by atoms with Crippen molar-refractivity contribution in [2.75, 3.05) is 24.7 Å². The lowest BCUT2D eigenvalue weighted by atomic mass is 10.1. The Bertz CT molecular complexity index is 1010. The Labute approximate surface area is 183 Å². The zero-order valence-electron chi connectivity index (χ0n) is 16.0. The van der Waals surface area contributed by atoms with Gasteiger partial charge < -0.3 is 10.2 Å². The quantitative estimate of drug-likeness (QED) is 0.522. The van der Waals surface area contributed by atoms with Gasteiger partial charge in [0, 0.05) is 18.0 Å². The topological polar surface area (TPSA) is 62.3 Å². The van der Waals surface area contributed by atoms with Crippen molar-refractivity contribution in [2.45, 2.75) is 11.3 Å². The Kier molecular flexibility index (Phi) is 7.30. The van der Waals surface area contributed by atoms with E-state index in [0.29, 0.717) is 10.7 Å². The molecule has 0 atom stereocenters. The van der Waals surface area contributed by atoms with Gasteiger partial charge in [0.15, 0.2) is 4.34 Å². The molecule has 2 amide bonds. The summed E-state index contributed by atoms with van der Waals surface area (Å²) in [7, 11) is 1.61. The first-order chi connectivity index (χ1) is 13.9. The van der Waals surface area contributed by atoms with E-state index in [4.69, 9.17) is 11.6 Å². The Morgan fingerprint density at radius 1 is 1.17 bits per heavy atom. The molecular formula is C21H20ClN3O2S2. The number of anilines is 1. The molecule has 29 heavy (non-hydrogen) atoms. The number of thioether (sulfide) groups is 1. The lowest BCUT2D eigenvalue weighted by molar-refractivity contribution is -0.131. The molecule has 0 saturated carbocycles. The van der Waals surface area contributed by atoms with Gasteiger partial charge in [-0.15, -0.1) is 11.3 Å². The second kappa shape index (κ2) is 9.91. The molecule has 2 aromatic carbocycles. The minimum absolute atomic E-state index is 0.0445. The van der Waals surface area contributed by atoms with Crippen LogP contribution in [0.2, 0.25) is 5.02 Å². The number of thiazole rings is 1. The Morgan fingerprint density at radius 3 is 2.62 bits per heavy atom. The van der Waals surface area contributed by atoms with E-state index in [1.165, 1.54) is 33.6 Å². The van der Waals surface area contributed by atoms with Gasteiger partial charge in [0.05, 0.1) is 28.7 Å². The number of benzene rings is 2. The van der Waals surface area contributed by atoms with Crippen LogP contribution in [0.1, 0.15) is 5.56 Å². The number of carbonyl (C=O) groups excluding carboxylic acids is 2. The van der Waals surface area contributed by atoms with Crippen molar-refractivity contribution in [2.24, 2.45) is 0 Å². The molecule has 3 aromatic rings. The molecular weight excluding hydrogens is 426 g/mol. The summed E-state index contributed by atoms with van der Waals surface area (Å²) in [4.78, 5) is 30.5. The van der Waals surface area contributed by atoms with Crippen LogP contribution in [0, 0.1) is 6.92 Å². The fraction of sp³-hybridized carbons (Fsp3) is 0.190. The zero-order valence-corrected chi connectivity index (χ0v) is 18.4. The highest BCUT2D eigenvalue weighted by molar-refractivity contribution is 8.01. The van der Waals surface area contributed by atoms with Crippen LogP contribution >= 0.6 is 34.7 Å². The van der Waals surface area contributed by atoms with Crippen LogP contribution in [-0.2, 0) is 9.59 Å². The second-order valence-corrected chi connectivity index (χ2v) is 8.92. The van der Waals surface area contributed by atoms with Gasteiger partial charge in [0.25, 0.3) is 0 Å². The predicted octanol–water partition coefficient (Wildman–Crippen LogP) is 4.96. The third-order valence-electron chi connectivity index (χ3n) is 4.10. The highest BCUT2D eigenvalue weighted by Gasteiger charge is 2.15. The molecule has 3 rings (SSSR count). The molecule has 0 radical (unpaired) electrons. The van der Waals surface area contributed by atoms with Crippen LogP contribution in [0.4, 0.5) is 5.69 Å². The monoisotopic (exact) mass is 445 g/mol. The molecule has 0 spiro atoms. The molecule has 150 valence electrons. The van der Waals surface area contributed by atoms with E-state index in [1.54, 1.807) is 31.3 Å². The fourth-order valence-corrected chi connectivity index (χ4v) is 4.43. The summed E-state index contributed by atoms with van der Waals surface area (Å²) in [5.74, 6) is -0.220. The molecule has 0 fully saturated rings. The minimum atomic E-state index is -0.296. The standard InChI is InChI=1S/C21H20ClN3O2S2/c1-14-7-9-15(10-8-14)18-12-28-21(24-18)29-13-20(27)25(2)11-19(26)23-17-6-4-3-5-16(17)22/h3-10,12H,11,13H2,1-2H3,(H,23,26). The van der Waals surface area contributed by atoms with Crippen LogP contribution in [0.5, 0.6) is 0 Å². The number of nitrogens with zero attached hydrogens (tertiary/aromatic N) is 2. The van der Waals surface area contributed by atoms with Crippen LogP contribution < -0.4 is 5.32 Å². The van der Waals surface area contributed by atoms with Crippen molar-refractivity contribution in [1.82, 2.24) is 9.88 Å². The first-order valence-electron chi connectivity index (χ1n) is 8.86. The highest BCUT2D eigenvalue weighted by atomic mass is 35.5. The molecule has 0 unspecified atom stereocenters. The van der Waals surface area contributed by atoms with Gasteiger partial charge in [-0.25, -0.2) is 4.98 Å². The number of halogens is 1. The average Bonchev–Trinajstić information content (AvgIpc) is 3.17. The van der Waals surface area contributed by atoms with Gasteiger partial charge in [-0.1, -0.05) is 65.3 Å². The number of hydrogen-bond donors (Lipinski definition) is 1. The van der Waals surface area contributed by atoms with Crippen molar-refractivity contribution in [1.29, 1.82) is 0 Å². The van der Waals surface area contributed by atoms with E-state index < -0.39 is 0 Å². The number of para-hydroxylation sites is 1. The van der Waals surface area contributed by atoms with Gasteiger partial charge in [-0.2, -0.15) is 0 Å². The highest BCUT2D eigenvalue weighted by Crippen LogP contribution is 2.28. The summed E-state index contributed by atoms with van der Waals surface area (Å²) in [5, 5.41) is 5.15. The van der Waals surface area contributed by atoms with Crippen LogP contribution in [0.15, 0.2) is 58.3 Å². The number of aromatic nitrogens is 1. The van der Waals surface area contributed by atoms with Crippen molar-refractivity contribution < 1.29 is 9.59 Å². The van der Waals surface area contributed by atoms with Crippen molar-refractivity contribution in [3.8, 4) is 11.3 Å². The summed E-state index contributed by atoms with van der Waals surface area (Å²) in [5.41, 5.74) is 3.68. The number of nitrogens with one attached hydrogen (secondary N) is 1. The van der Waals surface area contributed by atoms with Gasteiger partial charge >= 0.3 is 0 Å². The van der Waals surface area contributed by atoms with Crippen molar-refractivity contribution in [3.63, 3.8) is 0 Å². The SMILES string of the molecule is Cc1ccc(-c2csc(SCC(=O)N(C)CC(=O)Nc3ccccc3Cl)n2)cc1. The molecule has 1 N–H and O–H groups in total. The van der Waals surface area contributed by atoms with E-state index in [9.17, 15) is 9.59 Å². The number of likely N-dealkylation sites (N-methyl/N-ethyl adjacent to an activating group) is 1. The molecule has 0 aliphatic heterocycles. The third-order valence-corrected chi connectivity index (χ3v) is 6.44. The van der Waals surface area contributed by atoms with Gasteiger partial charge in [-0.05, 0) is 19.1 Å². The number of rotatable bonds is 7. The molecule has 8 heteroatoms. The fourth-order valence-electron chi connectivity index (χ4n) is 2.47. The smallest absolute Gasteiger partial charge is 0.244 e. The van der Waals surface area contributed by atoms with E-state index in [2.05, 4.69) is 10.3 Å². The molecule has 1 heterocycles. The van der Waals surface area contributed by atoms with E-state index in [0.717, 1.165) is 15.6 Å². The maximum atomic E-state index is 12.4. The van der Waals surface area contributed by atoms with Crippen LogP contribution in [-0.4, -0.2) is 41.0 Å². The molecule has 0 saturated heterocycles. The third kappa shape index (κ3) is 6.06. The number of hydrogen-bond acceptors (Lipinski definition) is 5. The minimum Gasteiger partial charge on any atom is -0.336 e. The number of amides is 2. The second-order valence-electron chi connectivity index (χ2n) is 6.43. The van der Waals surface area contributed by atoms with Gasteiger partial charge in [0.1, 0.15) is 0 Å². The lowest BCUT2D eigenvalue weighted by Gasteiger charge is -2.16. The molecule has 0 aliphatic carbocycles. The first kappa shape index (κ1) is 21.4. The molecule has 1 aromatic heterocycles. The van der Waals surface area contributed by atoms with E-state index in [1.807, 2.05) is 36.6 Å². The van der Waals surface area contributed by atoms with E-state index in [-0.39, 0.29) is 24.1 Å². The molecule has 0 aliphatic rings. The summed E-state index contributed by atoms with van der Waals surface area (Å²) < 4.78 is 0.822. The van der Waals surface area contributed by atoms with Crippen molar-refractivity contribution in [3.05, 3.63) is 64.5 Å². The van der Waals surface area contributed by atoms with Crippen LogP contribution in [0.3, 0.4) is 0 Å². The predicted molar refractivity (Wildman–Crippen MR) is 121 cm³/mol. The largest absolute Gasteiger partial charge is 0.336 e. The van der Waals surface area contributed by atoms with Crippen molar-refractivity contribution >= 4 is 52.2 Å². The molecule has 0 bridgehead atoms. The number of carbonyl (C=O) groups is 2. The average molecular weight is 446 g/mol. The summed E-state index contributed by atoms with van der Waals surface area (Å²) in [6, 6.07) is 15.2. The Balaban J connectivity index is 1.49. The number of aryl methyl sites for hydroxylation is 1.